The molecule has 4 heteroatoms. The summed E-state index contributed by atoms with van der Waals surface area (Å²) in [6, 6.07) is 20.7. The lowest BCUT2D eigenvalue weighted by Crippen LogP contribution is -2.30. The molecule has 2 aromatic rings. The standard InChI is InChI=1S/C17H19N3S/c1-13(19-20-17(21)18-2)16(14-9-5-3-6-10-14)15-11-7-4-8-12-15/h3-12,16H,1-2H3,(H2,18,20,21)/b19-13+. The normalized spacial score (nSPS) is 11.3. The summed E-state index contributed by atoms with van der Waals surface area (Å²) in [5.74, 6) is 0.111. The first-order valence-corrected chi connectivity index (χ1v) is 7.25. The summed E-state index contributed by atoms with van der Waals surface area (Å²) in [5.41, 5.74) is 6.24. The number of nitrogens with zero attached hydrogens (tertiary/aromatic N) is 1. The molecule has 0 amide bonds. The molecule has 2 N–H and O–H groups in total. The molecule has 0 spiro atoms. The van der Waals surface area contributed by atoms with Crippen molar-refractivity contribution < 1.29 is 0 Å². The van der Waals surface area contributed by atoms with Crippen LogP contribution in [0.4, 0.5) is 0 Å². The number of nitrogens with one attached hydrogen (secondary N) is 2. The Labute approximate surface area is 131 Å². The van der Waals surface area contributed by atoms with Gasteiger partial charge in [-0.05, 0) is 30.3 Å². The van der Waals surface area contributed by atoms with Crippen LogP contribution in [0.2, 0.25) is 0 Å². The molecule has 0 saturated heterocycles. The topological polar surface area (TPSA) is 36.4 Å². The van der Waals surface area contributed by atoms with Gasteiger partial charge >= 0.3 is 0 Å². The number of hydrogen-bond acceptors (Lipinski definition) is 2. The SMILES string of the molecule is CNC(=S)N/N=C(\C)C(c1ccccc1)c1ccccc1. The molecule has 0 aliphatic heterocycles. The maximum absolute atomic E-state index is 5.06. The van der Waals surface area contributed by atoms with E-state index >= 15 is 0 Å². The molecule has 0 aliphatic carbocycles. The summed E-state index contributed by atoms with van der Waals surface area (Å²) in [6.45, 7) is 2.01. The van der Waals surface area contributed by atoms with Crippen molar-refractivity contribution in [1.82, 2.24) is 10.7 Å². The first kappa shape index (κ1) is 15.2. The van der Waals surface area contributed by atoms with Crippen LogP contribution in [0, 0.1) is 0 Å². The summed E-state index contributed by atoms with van der Waals surface area (Å²) in [7, 11) is 1.77. The van der Waals surface area contributed by atoms with Crippen molar-refractivity contribution in [2.75, 3.05) is 7.05 Å². The van der Waals surface area contributed by atoms with Gasteiger partial charge in [-0.3, -0.25) is 5.43 Å². The molecule has 0 atom stereocenters. The van der Waals surface area contributed by atoms with Gasteiger partial charge in [0.05, 0.1) is 0 Å². The largest absolute Gasteiger partial charge is 0.364 e. The Balaban J connectivity index is 2.35. The van der Waals surface area contributed by atoms with E-state index in [1.54, 1.807) is 7.05 Å². The van der Waals surface area contributed by atoms with Crippen molar-refractivity contribution in [1.29, 1.82) is 0 Å². The average molecular weight is 297 g/mol. The Bertz CT molecular complexity index is 569. The highest BCUT2D eigenvalue weighted by atomic mass is 32.1. The van der Waals surface area contributed by atoms with Crippen molar-refractivity contribution in [2.24, 2.45) is 5.10 Å². The van der Waals surface area contributed by atoms with E-state index < -0.39 is 0 Å². The van der Waals surface area contributed by atoms with Crippen molar-refractivity contribution in [3.8, 4) is 0 Å². The number of thiocarbonyl (C=S) groups is 1. The highest BCUT2D eigenvalue weighted by Crippen LogP contribution is 2.25. The number of hydrazone groups is 1. The molecule has 0 bridgehead atoms. The third-order valence-electron chi connectivity index (χ3n) is 3.24. The maximum Gasteiger partial charge on any atom is 0.186 e. The van der Waals surface area contributed by atoms with Crippen molar-refractivity contribution >= 4 is 23.0 Å². The van der Waals surface area contributed by atoms with E-state index in [-0.39, 0.29) is 5.92 Å². The molecule has 0 radical (unpaired) electrons. The average Bonchev–Trinajstić information content (AvgIpc) is 2.55. The molecule has 108 valence electrons. The van der Waals surface area contributed by atoms with Crippen LogP contribution in [0.5, 0.6) is 0 Å². The Morgan fingerprint density at radius 3 is 1.86 bits per heavy atom. The Kier molecular flexibility index (Phi) is 5.46. The van der Waals surface area contributed by atoms with Gasteiger partial charge in [-0.2, -0.15) is 5.10 Å². The van der Waals surface area contributed by atoms with Crippen LogP contribution in [0.3, 0.4) is 0 Å². The summed E-state index contributed by atoms with van der Waals surface area (Å²) < 4.78 is 0. The van der Waals surface area contributed by atoms with Gasteiger partial charge in [0.2, 0.25) is 0 Å². The van der Waals surface area contributed by atoms with Crippen LogP contribution in [0.25, 0.3) is 0 Å². The number of hydrogen-bond donors (Lipinski definition) is 2. The molecule has 2 aromatic carbocycles. The zero-order chi connectivity index (χ0) is 15.1. The van der Waals surface area contributed by atoms with E-state index in [0.717, 1.165) is 5.71 Å². The molecular weight excluding hydrogens is 278 g/mol. The Hall–Kier alpha value is -2.20. The highest BCUT2D eigenvalue weighted by molar-refractivity contribution is 7.80. The van der Waals surface area contributed by atoms with Crippen LogP contribution in [-0.4, -0.2) is 17.9 Å². The van der Waals surface area contributed by atoms with Crippen LogP contribution in [-0.2, 0) is 0 Å². The lowest BCUT2D eigenvalue weighted by atomic mass is 9.88. The lowest BCUT2D eigenvalue weighted by Gasteiger charge is -2.18. The minimum absolute atomic E-state index is 0.111. The quantitative estimate of drug-likeness (QED) is 0.516. The molecule has 2 rings (SSSR count). The monoisotopic (exact) mass is 297 g/mol. The second-order valence-electron chi connectivity index (χ2n) is 4.70. The van der Waals surface area contributed by atoms with Gasteiger partial charge in [0, 0.05) is 18.7 Å². The predicted molar refractivity (Wildman–Crippen MR) is 92.6 cm³/mol. The maximum atomic E-state index is 5.06. The van der Waals surface area contributed by atoms with Gasteiger partial charge in [-0.1, -0.05) is 60.7 Å². The van der Waals surface area contributed by atoms with E-state index in [1.807, 2.05) is 43.3 Å². The molecule has 0 aliphatic rings. The summed E-state index contributed by atoms with van der Waals surface area (Å²) in [4.78, 5) is 0. The number of benzene rings is 2. The second kappa shape index (κ2) is 7.55. The van der Waals surface area contributed by atoms with E-state index in [1.165, 1.54) is 11.1 Å². The van der Waals surface area contributed by atoms with Gasteiger partial charge in [0.1, 0.15) is 0 Å². The Morgan fingerprint density at radius 2 is 1.43 bits per heavy atom. The van der Waals surface area contributed by atoms with E-state index in [2.05, 4.69) is 40.1 Å². The summed E-state index contributed by atoms with van der Waals surface area (Å²) >= 11 is 5.06. The van der Waals surface area contributed by atoms with Gasteiger partial charge in [-0.25, -0.2) is 0 Å². The fourth-order valence-electron chi connectivity index (χ4n) is 2.23. The summed E-state index contributed by atoms with van der Waals surface area (Å²) in [5, 5.41) is 7.77. The fraction of sp³-hybridized carbons (Fsp3) is 0.176. The van der Waals surface area contributed by atoms with Crippen molar-refractivity contribution in [3.63, 3.8) is 0 Å². The van der Waals surface area contributed by atoms with Crippen molar-refractivity contribution in [2.45, 2.75) is 12.8 Å². The van der Waals surface area contributed by atoms with Crippen molar-refractivity contribution in [3.05, 3.63) is 71.8 Å². The van der Waals surface area contributed by atoms with Crippen LogP contribution in [0.1, 0.15) is 24.0 Å². The molecule has 0 heterocycles. The minimum Gasteiger partial charge on any atom is -0.364 e. The van der Waals surface area contributed by atoms with Crippen LogP contribution in [0.15, 0.2) is 65.8 Å². The van der Waals surface area contributed by atoms with Gasteiger partial charge in [-0.15, -0.1) is 0 Å². The van der Waals surface area contributed by atoms with Gasteiger partial charge in [0.25, 0.3) is 0 Å². The Morgan fingerprint density at radius 1 is 0.952 bits per heavy atom. The lowest BCUT2D eigenvalue weighted by molar-refractivity contribution is 0.943. The van der Waals surface area contributed by atoms with E-state index in [0.29, 0.717) is 5.11 Å². The predicted octanol–water partition coefficient (Wildman–Crippen LogP) is 3.29. The zero-order valence-electron chi connectivity index (χ0n) is 12.2. The van der Waals surface area contributed by atoms with Crippen LogP contribution < -0.4 is 10.7 Å². The third kappa shape index (κ3) is 4.13. The smallest absolute Gasteiger partial charge is 0.186 e. The number of rotatable bonds is 4. The molecule has 0 fully saturated rings. The first-order chi connectivity index (χ1) is 10.2. The zero-order valence-corrected chi connectivity index (χ0v) is 13.0. The molecule has 0 unspecified atom stereocenters. The van der Waals surface area contributed by atoms with Crippen LogP contribution >= 0.6 is 12.2 Å². The van der Waals surface area contributed by atoms with E-state index in [4.69, 9.17) is 12.2 Å². The molecule has 0 aromatic heterocycles. The van der Waals surface area contributed by atoms with E-state index in [9.17, 15) is 0 Å². The molecule has 0 saturated carbocycles. The molecule has 3 nitrogen and oxygen atoms in total. The molecule has 21 heavy (non-hydrogen) atoms. The first-order valence-electron chi connectivity index (χ1n) is 6.84. The molecular formula is C17H19N3S. The fourth-order valence-corrected chi connectivity index (χ4v) is 2.27. The highest BCUT2D eigenvalue weighted by Gasteiger charge is 2.17. The minimum atomic E-state index is 0.111. The van der Waals surface area contributed by atoms with Gasteiger partial charge < -0.3 is 5.32 Å². The van der Waals surface area contributed by atoms with Gasteiger partial charge in [0.15, 0.2) is 5.11 Å². The summed E-state index contributed by atoms with van der Waals surface area (Å²) in [6.07, 6.45) is 0. The second-order valence-corrected chi connectivity index (χ2v) is 5.11. The third-order valence-corrected chi connectivity index (χ3v) is 3.54.